The maximum Gasteiger partial charge on any atom is 0 e. The standard InChI is InChI=1S/2Al.2K.3O3Si.Si.2H/c;;;;3*1-4(2)3;;;/q2*+3;;;3*-2;;;. The average molecular weight is 391 g/mol. The van der Waals surface area contributed by atoms with E-state index in [-0.39, 0.29) is 148 Å². The molecule has 9 nitrogen and oxygen atoms in total. The van der Waals surface area contributed by atoms with E-state index in [4.69, 9.17) is 42.2 Å². The van der Waals surface area contributed by atoms with Crippen molar-refractivity contribution in [1.29, 1.82) is 0 Å². The predicted octanol–water partition coefficient (Wildman–Crippen LogP) is -11.1. The first kappa shape index (κ1) is 49.9. The second-order valence-corrected chi connectivity index (χ2v) is 2.25. The molecule has 0 aliphatic rings. The van der Waals surface area contributed by atoms with Crippen LogP contribution in [0.2, 0.25) is 0 Å². The molecule has 0 atom stereocenters. The van der Waals surface area contributed by atoms with Crippen molar-refractivity contribution >= 4 is 176 Å². The number of rotatable bonds is 0. The average Bonchev–Trinajstić information content (AvgIpc) is 1.54. The Morgan fingerprint density at radius 3 is 0.529 bits per heavy atom. The Bertz CT molecular complexity index is 127. The quantitative estimate of drug-likeness (QED) is 0.361. The first-order chi connectivity index (χ1) is 5.20. The molecular weight excluding hydrogens is 388 g/mol. The molecule has 0 N–H and O–H groups in total. The van der Waals surface area contributed by atoms with Gasteiger partial charge in [-0.15, -0.1) is 0 Å². The van der Waals surface area contributed by atoms with Gasteiger partial charge in [0.2, 0.25) is 0 Å². The van der Waals surface area contributed by atoms with Crippen LogP contribution in [-0.2, 0) is 13.4 Å². The Morgan fingerprint density at radius 2 is 0.529 bits per heavy atom. The smallest absolute Gasteiger partial charge is 0 e. The van der Waals surface area contributed by atoms with Crippen molar-refractivity contribution in [3.05, 3.63) is 0 Å². The third kappa shape index (κ3) is 507. The second-order valence-electron chi connectivity index (χ2n) is 0.750. The molecule has 0 aromatic carbocycles. The van der Waals surface area contributed by atoms with E-state index in [0.717, 1.165) is 0 Å². The third-order valence-electron chi connectivity index (χ3n) is 0. The first-order valence-electron chi connectivity index (χ1n) is 1.84. The van der Waals surface area contributed by atoms with Crippen molar-refractivity contribution in [3.63, 3.8) is 0 Å². The Morgan fingerprint density at radius 1 is 0.529 bits per heavy atom. The molecule has 0 saturated carbocycles. The van der Waals surface area contributed by atoms with Crippen molar-refractivity contribution < 1.29 is 42.2 Å². The van der Waals surface area contributed by atoms with E-state index in [1.807, 2.05) is 0 Å². The zero-order chi connectivity index (χ0) is 10.7. The van der Waals surface area contributed by atoms with E-state index >= 15 is 0 Å². The van der Waals surface area contributed by atoms with Crippen LogP contribution in [0.15, 0.2) is 0 Å². The fourth-order valence-corrected chi connectivity index (χ4v) is 0. The Labute approximate surface area is 213 Å². The summed E-state index contributed by atoms with van der Waals surface area (Å²) < 4.78 is 25.6. The van der Waals surface area contributed by atoms with E-state index in [0.29, 0.717) is 0 Å². The maximum atomic E-state index is 8.52. The van der Waals surface area contributed by atoms with Gasteiger partial charge in [-0.3, -0.25) is 0 Å². The van der Waals surface area contributed by atoms with Crippen LogP contribution in [-0.4, -0.2) is 176 Å². The molecule has 0 aliphatic carbocycles. The molecule has 0 aromatic rings. The SMILES string of the molecule is O=[Si]([O-])[O-].O=[Si]([O-])[O-].O=[Si]([O-])[O-].[Al+3].[Al+3].[KH].[KH].[Si]. The van der Waals surface area contributed by atoms with Gasteiger partial charge in [0.15, 0.2) is 0 Å². The summed E-state index contributed by atoms with van der Waals surface area (Å²) >= 11 is 0. The first-order valence-corrected chi connectivity index (χ1v) is 5.51. The molecule has 0 unspecified atom stereocenters. The van der Waals surface area contributed by atoms with Gasteiger partial charge in [0, 0.05) is 38.5 Å². The molecule has 0 spiro atoms. The van der Waals surface area contributed by atoms with Gasteiger partial charge in [0.1, 0.15) is 0 Å². The van der Waals surface area contributed by atoms with Crippen molar-refractivity contribution in [3.8, 4) is 0 Å². The minimum atomic E-state index is -3.63. The second kappa shape index (κ2) is 42.7. The Kier molecular flexibility index (Phi) is 125. The minimum absolute atomic E-state index is 0. The van der Waals surface area contributed by atoms with Crippen molar-refractivity contribution in [2.75, 3.05) is 0 Å². The summed E-state index contributed by atoms with van der Waals surface area (Å²) in [6, 6.07) is 0. The van der Waals surface area contributed by atoms with Gasteiger partial charge in [-0.05, 0) is 0 Å². The minimum Gasteiger partial charge on any atom is 0 e. The monoisotopic (exact) mass is 390 g/mol. The summed E-state index contributed by atoms with van der Waals surface area (Å²) in [5.74, 6) is 0. The summed E-state index contributed by atoms with van der Waals surface area (Å²) in [5, 5.41) is 0. The van der Waals surface area contributed by atoms with Crippen LogP contribution in [0.25, 0.3) is 0 Å². The van der Waals surface area contributed by atoms with E-state index in [1.54, 1.807) is 0 Å². The summed E-state index contributed by atoms with van der Waals surface area (Å²) in [4.78, 5) is 51.1. The normalized spacial score (nSPS) is 4.24. The van der Waals surface area contributed by atoms with E-state index in [1.165, 1.54) is 0 Å². The van der Waals surface area contributed by atoms with Gasteiger partial charge in [-0.25, -0.2) is 0 Å². The largest absolute Gasteiger partial charge is 0 e. The molecule has 0 aromatic heterocycles. The van der Waals surface area contributed by atoms with Crippen molar-refractivity contribution in [2.24, 2.45) is 0 Å². The van der Waals surface area contributed by atoms with Crippen molar-refractivity contribution in [2.45, 2.75) is 0 Å². The molecule has 4 radical (unpaired) electrons. The van der Waals surface area contributed by atoms with Gasteiger partial charge in [-0.1, -0.05) is 0 Å². The van der Waals surface area contributed by atoms with E-state index in [9.17, 15) is 0 Å². The molecule has 17 heteroatoms. The number of hydrogen-bond acceptors (Lipinski definition) is 9. The molecule has 0 rings (SSSR count). The van der Waals surface area contributed by atoms with Crippen LogP contribution >= 0.6 is 0 Å². The summed E-state index contributed by atoms with van der Waals surface area (Å²) in [6.07, 6.45) is 0. The van der Waals surface area contributed by atoms with Crippen LogP contribution in [0.3, 0.4) is 0 Å². The molecule has 0 fully saturated rings. The van der Waals surface area contributed by atoms with Gasteiger partial charge in [-0.2, -0.15) is 0 Å². The fraction of sp³-hybridized carbons (Fsp3) is 0. The van der Waals surface area contributed by atoms with Crippen LogP contribution in [0, 0.1) is 0 Å². The van der Waals surface area contributed by atoms with Gasteiger partial charge >= 0.3 is 137 Å². The van der Waals surface area contributed by atoms with Crippen LogP contribution in [0.4, 0.5) is 0 Å². The number of hydrogen-bond donors (Lipinski definition) is 0. The Balaban J connectivity index is -0.0000000104. The Hall–Kier alpha value is 3.41. The molecule has 17 heavy (non-hydrogen) atoms. The zero-order valence-corrected chi connectivity index (χ0v) is 13.1. The molecular formula is H2Al2K2O9Si4. The van der Waals surface area contributed by atoms with Gasteiger partial charge < -0.3 is 42.2 Å². The summed E-state index contributed by atoms with van der Waals surface area (Å²) in [5.41, 5.74) is 0. The molecule has 0 saturated heterocycles. The fourth-order valence-electron chi connectivity index (χ4n) is 0. The predicted molar refractivity (Wildman–Crippen MR) is 50.9 cm³/mol. The van der Waals surface area contributed by atoms with E-state index in [2.05, 4.69) is 0 Å². The van der Waals surface area contributed by atoms with E-state index < -0.39 is 27.5 Å². The van der Waals surface area contributed by atoms with Crippen LogP contribution in [0.5, 0.6) is 0 Å². The van der Waals surface area contributed by atoms with Gasteiger partial charge in [0.25, 0.3) is 0 Å². The van der Waals surface area contributed by atoms with Crippen molar-refractivity contribution in [1.82, 2.24) is 0 Å². The topological polar surface area (TPSA) is 190 Å². The van der Waals surface area contributed by atoms with Gasteiger partial charge in [0.05, 0.1) is 0 Å². The maximum absolute atomic E-state index is 8.52. The summed E-state index contributed by atoms with van der Waals surface area (Å²) in [6.45, 7) is 0. The molecule has 0 aliphatic heterocycles. The molecule has 0 amide bonds. The molecule has 0 bridgehead atoms. The van der Waals surface area contributed by atoms with Crippen LogP contribution in [0.1, 0.15) is 0 Å². The third-order valence-corrected chi connectivity index (χ3v) is 0. The van der Waals surface area contributed by atoms with Crippen LogP contribution < -0.4 is 28.8 Å². The molecule has 80 valence electrons. The molecule has 0 heterocycles. The summed E-state index contributed by atoms with van der Waals surface area (Å²) in [7, 11) is -10.9. The zero-order valence-electron chi connectivity index (χ0n) is 6.83.